The zero-order valence-electron chi connectivity index (χ0n) is 10.6. The van der Waals surface area contributed by atoms with Crippen LogP contribution in [0.5, 0.6) is 0 Å². The van der Waals surface area contributed by atoms with Crippen molar-refractivity contribution in [2.75, 3.05) is 25.1 Å². The van der Waals surface area contributed by atoms with E-state index in [-0.39, 0.29) is 12.7 Å². The maximum atomic E-state index is 9.00. The summed E-state index contributed by atoms with van der Waals surface area (Å²) in [5.41, 5.74) is 1.78. The van der Waals surface area contributed by atoms with Crippen molar-refractivity contribution in [1.82, 2.24) is 0 Å². The number of aliphatic hydroxyl groups excluding tert-OH is 1. The van der Waals surface area contributed by atoms with E-state index in [2.05, 4.69) is 0 Å². The second-order valence-corrected chi connectivity index (χ2v) is 4.69. The van der Waals surface area contributed by atoms with Crippen molar-refractivity contribution in [1.29, 1.82) is 0 Å². The molecule has 0 saturated carbocycles. The molecule has 0 saturated heterocycles. The first-order valence-corrected chi connectivity index (χ1v) is 6.14. The summed E-state index contributed by atoms with van der Waals surface area (Å²) < 4.78 is 5.49. The number of rotatable bonds is 6. The van der Waals surface area contributed by atoms with Crippen LogP contribution in [0.3, 0.4) is 0 Å². The Morgan fingerprint density at radius 2 is 2.12 bits per heavy atom. The van der Waals surface area contributed by atoms with Crippen LogP contribution in [0.15, 0.2) is 18.2 Å². The van der Waals surface area contributed by atoms with E-state index in [0.717, 1.165) is 17.8 Å². The van der Waals surface area contributed by atoms with Crippen molar-refractivity contribution in [3.05, 3.63) is 28.8 Å². The Labute approximate surface area is 108 Å². The number of ether oxygens (including phenoxy) is 1. The Balaban J connectivity index is 2.59. The number of nitrogens with zero attached hydrogens (tertiary/aromatic N) is 1. The number of likely N-dealkylation sites (N-methyl/N-ethyl adjacent to an activating group) is 1. The maximum Gasteiger partial charge on any atom is 0.0682 e. The van der Waals surface area contributed by atoms with Crippen molar-refractivity contribution in [3.8, 4) is 0 Å². The van der Waals surface area contributed by atoms with Crippen LogP contribution >= 0.6 is 11.6 Å². The van der Waals surface area contributed by atoms with Gasteiger partial charge in [0, 0.05) is 13.6 Å². The first kappa shape index (κ1) is 14.3. The van der Waals surface area contributed by atoms with Gasteiger partial charge in [-0.1, -0.05) is 17.7 Å². The van der Waals surface area contributed by atoms with Crippen LogP contribution in [0.25, 0.3) is 0 Å². The standard InChI is InChI=1S/C13H20ClNO2/c1-10(2)17-7-6-15(3)13-5-4-11(9-16)8-12(13)14/h4-5,8,10,16H,6-7,9H2,1-3H3. The largest absolute Gasteiger partial charge is 0.392 e. The molecule has 0 aliphatic rings. The molecule has 17 heavy (non-hydrogen) atoms. The summed E-state index contributed by atoms with van der Waals surface area (Å²) in [6.45, 7) is 5.51. The van der Waals surface area contributed by atoms with Gasteiger partial charge in [0.1, 0.15) is 0 Å². The van der Waals surface area contributed by atoms with Gasteiger partial charge < -0.3 is 14.7 Å². The summed E-state index contributed by atoms with van der Waals surface area (Å²) in [6, 6.07) is 5.58. The maximum absolute atomic E-state index is 9.00. The Bertz CT molecular complexity index is 355. The lowest BCUT2D eigenvalue weighted by atomic mass is 10.2. The molecule has 1 aromatic rings. The monoisotopic (exact) mass is 257 g/mol. The topological polar surface area (TPSA) is 32.7 Å². The van der Waals surface area contributed by atoms with Gasteiger partial charge in [0.2, 0.25) is 0 Å². The van der Waals surface area contributed by atoms with Crippen molar-refractivity contribution in [3.63, 3.8) is 0 Å². The van der Waals surface area contributed by atoms with Gasteiger partial charge in [-0.15, -0.1) is 0 Å². The van der Waals surface area contributed by atoms with E-state index in [0.29, 0.717) is 11.6 Å². The third-order valence-corrected chi connectivity index (χ3v) is 2.79. The molecule has 0 aromatic heterocycles. The highest BCUT2D eigenvalue weighted by Gasteiger charge is 2.07. The number of anilines is 1. The number of aliphatic hydroxyl groups is 1. The van der Waals surface area contributed by atoms with Gasteiger partial charge in [0.15, 0.2) is 0 Å². The molecule has 0 atom stereocenters. The average molecular weight is 258 g/mol. The van der Waals surface area contributed by atoms with Gasteiger partial charge >= 0.3 is 0 Å². The second-order valence-electron chi connectivity index (χ2n) is 4.28. The number of benzene rings is 1. The first-order valence-electron chi connectivity index (χ1n) is 5.76. The third kappa shape index (κ3) is 4.54. The zero-order chi connectivity index (χ0) is 12.8. The second kappa shape index (κ2) is 6.84. The predicted molar refractivity (Wildman–Crippen MR) is 71.7 cm³/mol. The van der Waals surface area contributed by atoms with E-state index >= 15 is 0 Å². The minimum Gasteiger partial charge on any atom is -0.392 e. The summed E-state index contributed by atoms with van der Waals surface area (Å²) in [7, 11) is 1.98. The molecule has 0 aliphatic heterocycles. The van der Waals surface area contributed by atoms with Crippen LogP contribution < -0.4 is 4.90 Å². The smallest absolute Gasteiger partial charge is 0.0682 e. The molecule has 0 unspecified atom stereocenters. The molecular weight excluding hydrogens is 238 g/mol. The van der Waals surface area contributed by atoms with Crippen LogP contribution in [0, 0.1) is 0 Å². The fourth-order valence-electron chi connectivity index (χ4n) is 1.50. The van der Waals surface area contributed by atoms with Gasteiger partial charge in [-0.25, -0.2) is 0 Å². The lowest BCUT2D eigenvalue weighted by molar-refractivity contribution is 0.0846. The lowest BCUT2D eigenvalue weighted by Gasteiger charge is -2.21. The summed E-state index contributed by atoms with van der Waals surface area (Å²) in [6.07, 6.45) is 0.246. The molecule has 1 rings (SSSR count). The summed E-state index contributed by atoms with van der Waals surface area (Å²) in [5, 5.41) is 9.66. The Morgan fingerprint density at radius 1 is 1.41 bits per heavy atom. The van der Waals surface area contributed by atoms with E-state index in [1.807, 2.05) is 37.9 Å². The van der Waals surface area contributed by atoms with Gasteiger partial charge in [-0.05, 0) is 31.5 Å². The molecule has 0 heterocycles. The highest BCUT2D eigenvalue weighted by molar-refractivity contribution is 6.33. The highest BCUT2D eigenvalue weighted by atomic mass is 35.5. The molecule has 0 bridgehead atoms. The molecule has 0 aliphatic carbocycles. The SMILES string of the molecule is CC(C)OCCN(C)c1ccc(CO)cc1Cl. The van der Waals surface area contributed by atoms with Gasteiger partial charge in [0.05, 0.1) is 30.0 Å². The van der Waals surface area contributed by atoms with Crippen LogP contribution in [0.2, 0.25) is 5.02 Å². The fourth-order valence-corrected chi connectivity index (χ4v) is 1.85. The highest BCUT2D eigenvalue weighted by Crippen LogP contribution is 2.25. The lowest BCUT2D eigenvalue weighted by Crippen LogP contribution is -2.24. The average Bonchev–Trinajstić information content (AvgIpc) is 2.28. The quantitative estimate of drug-likeness (QED) is 0.851. The molecule has 0 amide bonds. The normalized spacial score (nSPS) is 10.9. The van der Waals surface area contributed by atoms with Crippen LogP contribution in [0.4, 0.5) is 5.69 Å². The Morgan fingerprint density at radius 3 is 2.65 bits per heavy atom. The molecule has 1 N–H and O–H groups in total. The van der Waals surface area contributed by atoms with Crippen molar-refractivity contribution < 1.29 is 9.84 Å². The molecular formula is C13H20ClNO2. The van der Waals surface area contributed by atoms with Gasteiger partial charge in [-0.2, -0.15) is 0 Å². The Kier molecular flexibility index (Phi) is 5.75. The van der Waals surface area contributed by atoms with E-state index in [1.54, 1.807) is 6.07 Å². The van der Waals surface area contributed by atoms with E-state index < -0.39 is 0 Å². The zero-order valence-corrected chi connectivity index (χ0v) is 11.4. The molecule has 1 aromatic carbocycles. The summed E-state index contributed by atoms with van der Waals surface area (Å²) in [5.74, 6) is 0. The molecule has 0 spiro atoms. The van der Waals surface area contributed by atoms with Crippen molar-refractivity contribution in [2.45, 2.75) is 26.6 Å². The van der Waals surface area contributed by atoms with Crippen molar-refractivity contribution >= 4 is 17.3 Å². The van der Waals surface area contributed by atoms with E-state index in [4.69, 9.17) is 21.4 Å². The van der Waals surface area contributed by atoms with Gasteiger partial charge in [-0.3, -0.25) is 0 Å². The summed E-state index contributed by atoms with van der Waals surface area (Å²) >= 11 is 6.15. The molecule has 0 radical (unpaired) electrons. The molecule has 3 nitrogen and oxygen atoms in total. The Hall–Kier alpha value is -0.770. The minimum atomic E-state index is 0.0141. The minimum absolute atomic E-state index is 0.0141. The number of hydrogen-bond acceptors (Lipinski definition) is 3. The molecule has 96 valence electrons. The molecule has 4 heteroatoms. The van der Waals surface area contributed by atoms with E-state index in [9.17, 15) is 0 Å². The first-order chi connectivity index (χ1) is 8.04. The van der Waals surface area contributed by atoms with Crippen molar-refractivity contribution in [2.24, 2.45) is 0 Å². The van der Waals surface area contributed by atoms with Crippen LogP contribution in [0.1, 0.15) is 19.4 Å². The predicted octanol–water partition coefficient (Wildman–Crippen LogP) is 2.69. The summed E-state index contributed by atoms with van der Waals surface area (Å²) in [4.78, 5) is 2.05. The third-order valence-electron chi connectivity index (χ3n) is 2.48. The van der Waals surface area contributed by atoms with Crippen LogP contribution in [-0.2, 0) is 11.3 Å². The van der Waals surface area contributed by atoms with Gasteiger partial charge in [0.25, 0.3) is 0 Å². The number of hydrogen-bond donors (Lipinski definition) is 1. The number of halogens is 1. The fraction of sp³-hybridized carbons (Fsp3) is 0.538. The molecule has 0 fully saturated rings. The van der Waals surface area contributed by atoms with E-state index in [1.165, 1.54) is 0 Å². The van der Waals surface area contributed by atoms with Crippen LogP contribution in [-0.4, -0.2) is 31.4 Å².